The van der Waals surface area contributed by atoms with Gasteiger partial charge >= 0.3 is 18.1 Å². The largest absolute Gasteiger partial charge is 0.490 e. The molecule has 4 N–H and O–H groups in total. The van der Waals surface area contributed by atoms with E-state index in [2.05, 4.69) is 10.3 Å². The first-order chi connectivity index (χ1) is 17.3. The topological polar surface area (TPSA) is 157 Å². The number of aromatic nitrogens is 1. The second kappa shape index (κ2) is 9.32. The predicted octanol–water partition coefficient (Wildman–Crippen LogP) is 2.53. The van der Waals surface area contributed by atoms with Gasteiger partial charge in [0.05, 0.1) is 29.7 Å². The molecule has 2 heterocycles. The Hall–Kier alpha value is -4.26. The van der Waals surface area contributed by atoms with E-state index in [4.69, 9.17) is 15.0 Å². The van der Waals surface area contributed by atoms with E-state index in [0.717, 1.165) is 41.4 Å². The van der Waals surface area contributed by atoms with Crippen LogP contribution in [0.2, 0.25) is 0 Å². The number of halogens is 3. The van der Waals surface area contributed by atoms with Gasteiger partial charge in [0.25, 0.3) is 11.8 Å². The van der Waals surface area contributed by atoms with Gasteiger partial charge in [0, 0.05) is 21.9 Å². The molecule has 1 aliphatic heterocycles. The van der Waals surface area contributed by atoms with E-state index in [9.17, 15) is 32.3 Å². The number of rotatable bonds is 5. The number of carbonyl (C=O) groups is 5. The van der Waals surface area contributed by atoms with Crippen LogP contribution in [0.25, 0.3) is 21.8 Å². The summed E-state index contributed by atoms with van der Waals surface area (Å²) < 4.78 is 31.7. The lowest BCUT2D eigenvalue weighted by molar-refractivity contribution is -0.192. The number of hydrogen-bond donors (Lipinski definition) is 4. The van der Waals surface area contributed by atoms with Crippen molar-refractivity contribution in [2.75, 3.05) is 20.1 Å². The Labute approximate surface area is 206 Å². The van der Waals surface area contributed by atoms with Gasteiger partial charge in [-0.1, -0.05) is 0 Å². The van der Waals surface area contributed by atoms with Gasteiger partial charge in [-0.25, -0.2) is 4.79 Å². The fourth-order valence-electron chi connectivity index (χ4n) is 4.75. The summed E-state index contributed by atoms with van der Waals surface area (Å²) in [7, 11) is 1.57. The molecule has 0 radical (unpaired) electrons. The van der Waals surface area contributed by atoms with Crippen molar-refractivity contribution in [2.45, 2.75) is 25.4 Å². The van der Waals surface area contributed by atoms with E-state index in [1.165, 1.54) is 4.90 Å². The van der Waals surface area contributed by atoms with Crippen molar-refractivity contribution in [3.05, 3.63) is 46.0 Å². The quantitative estimate of drug-likeness (QED) is 0.296. The number of Topliss-reactive ketones (excluding diaryl/α,β-unsaturated/α-hetero) is 1. The first-order valence-corrected chi connectivity index (χ1v) is 11.0. The number of carboxylic acids is 2. The standard InChI is InChI=1S/C22H19N3O5.C2HF3O2/c1-25(9-16(27)28)8-15(26)10-5-6-14-13(7-10)17-19-18(21(29)24-22(19)30)11-3-2-4-12(11)20(17)23-14;3-2(4,5)1(6)7/h5-7,23H,2-4,8-9H2,1H3,(H,27,28)(H,24,29,30);(H,6,7). The fourth-order valence-corrected chi connectivity index (χ4v) is 4.75. The number of nitrogens with zero attached hydrogens (tertiary/aromatic N) is 1. The van der Waals surface area contributed by atoms with Gasteiger partial charge < -0.3 is 15.2 Å². The van der Waals surface area contributed by atoms with Crippen LogP contribution in [0, 0.1) is 0 Å². The minimum Gasteiger partial charge on any atom is -0.480 e. The van der Waals surface area contributed by atoms with E-state index in [0.29, 0.717) is 27.5 Å². The van der Waals surface area contributed by atoms with Gasteiger partial charge in [0.15, 0.2) is 5.78 Å². The van der Waals surface area contributed by atoms with Crippen LogP contribution in [-0.2, 0) is 22.4 Å². The summed E-state index contributed by atoms with van der Waals surface area (Å²) in [5.74, 6) is -4.74. The number of H-pyrrole nitrogens is 1. The van der Waals surface area contributed by atoms with Crippen LogP contribution in [0.15, 0.2) is 18.2 Å². The van der Waals surface area contributed by atoms with Crippen molar-refractivity contribution in [1.82, 2.24) is 15.2 Å². The Kier molecular flexibility index (Phi) is 6.50. The Morgan fingerprint density at radius 2 is 1.62 bits per heavy atom. The molecule has 3 aromatic rings. The third-order valence-electron chi connectivity index (χ3n) is 6.18. The normalized spacial score (nSPS) is 14.4. The van der Waals surface area contributed by atoms with E-state index in [1.54, 1.807) is 25.2 Å². The van der Waals surface area contributed by atoms with Gasteiger partial charge in [-0.2, -0.15) is 13.2 Å². The molecular formula is C24H20F3N3O7. The van der Waals surface area contributed by atoms with Crippen molar-refractivity contribution < 1.29 is 47.4 Å². The van der Waals surface area contributed by atoms with Crippen molar-refractivity contribution in [3.8, 4) is 0 Å². The molecule has 0 atom stereocenters. The lowest BCUT2D eigenvalue weighted by Gasteiger charge is -2.12. The van der Waals surface area contributed by atoms with Gasteiger partial charge in [0.1, 0.15) is 0 Å². The highest BCUT2D eigenvalue weighted by Gasteiger charge is 2.38. The monoisotopic (exact) mass is 519 g/mol. The first kappa shape index (κ1) is 25.8. The zero-order valence-corrected chi connectivity index (χ0v) is 19.3. The highest BCUT2D eigenvalue weighted by atomic mass is 19.4. The maximum Gasteiger partial charge on any atom is 0.490 e. The second-order valence-corrected chi connectivity index (χ2v) is 8.77. The van der Waals surface area contributed by atoms with Crippen LogP contribution in [0.4, 0.5) is 13.2 Å². The number of aromatic amines is 1. The summed E-state index contributed by atoms with van der Waals surface area (Å²) in [6, 6.07) is 5.21. The number of alkyl halides is 3. The summed E-state index contributed by atoms with van der Waals surface area (Å²) in [6.07, 6.45) is -2.56. The number of likely N-dealkylation sites (N-methyl/N-ethyl adjacent to an activating group) is 1. The minimum atomic E-state index is -5.08. The minimum absolute atomic E-state index is 0.0351. The lowest BCUT2D eigenvalue weighted by atomic mass is 9.93. The lowest BCUT2D eigenvalue weighted by Crippen LogP contribution is -2.30. The first-order valence-electron chi connectivity index (χ1n) is 11.0. The Morgan fingerprint density at radius 3 is 2.24 bits per heavy atom. The van der Waals surface area contributed by atoms with Crippen molar-refractivity contribution in [3.63, 3.8) is 0 Å². The van der Waals surface area contributed by atoms with Gasteiger partial charge in [0.2, 0.25) is 0 Å². The van der Waals surface area contributed by atoms with Crippen LogP contribution >= 0.6 is 0 Å². The average molecular weight is 519 g/mol. The summed E-state index contributed by atoms with van der Waals surface area (Å²) in [4.78, 5) is 62.4. The second-order valence-electron chi connectivity index (χ2n) is 8.77. The van der Waals surface area contributed by atoms with Gasteiger partial charge in [-0.05, 0) is 55.6 Å². The Morgan fingerprint density at radius 1 is 1.00 bits per heavy atom. The number of aryl methyl sites for hydroxylation is 1. The molecule has 2 amide bonds. The third kappa shape index (κ3) is 4.77. The molecule has 0 unspecified atom stereocenters. The third-order valence-corrected chi connectivity index (χ3v) is 6.18. The fraction of sp³-hybridized carbons (Fsp3) is 0.292. The molecule has 10 nitrogen and oxygen atoms in total. The number of aliphatic carboxylic acids is 2. The molecule has 0 spiro atoms. The molecule has 194 valence electrons. The molecule has 2 aromatic carbocycles. The van der Waals surface area contributed by atoms with Crippen molar-refractivity contribution >= 4 is 51.3 Å². The van der Waals surface area contributed by atoms with Gasteiger partial charge in [-0.3, -0.25) is 29.4 Å². The zero-order valence-electron chi connectivity index (χ0n) is 19.3. The number of hydrogen-bond acceptors (Lipinski definition) is 6. The molecule has 0 fully saturated rings. The average Bonchev–Trinajstić information content (AvgIpc) is 3.47. The maximum absolute atomic E-state index is 12.7. The van der Waals surface area contributed by atoms with Crippen LogP contribution in [0.3, 0.4) is 0 Å². The maximum atomic E-state index is 12.7. The Balaban J connectivity index is 0.000000405. The number of ketones is 1. The number of fused-ring (bicyclic) bond motifs is 8. The van der Waals surface area contributed by atoms with Crippen LogP contribution in [-0.4, -0.2) is 75.9 Å². The highest BCUT2D eigenvalue weighted by Crippen LogP contribution is 2.41. The highest BCUT2D eigenvalue weighted by molar-refractivity contribution is 6.31. The summed E-state index contributed by atoms with van der Waals surface area (Å²) in [5.41, 5.74) is 4.94. The molecule has 0 saturated heterocycles. The number of imide groups is 1. The molecule has 0 saturated carbocycles. The number of carboxylic acid groups (broad SMARTS) is 2. The smallest absolute Gasteiger partial charge is 0.480 e. The van der Waals surface area contributed by atoms with E-state index in [1.807, 2.05) is 0 Å². The summed E-state index contributed by atoms with van der Waals surface area (Å²) in [5, 5.41) is 19.8. The molecule has 37 heavy (non-hydrogen) atoms. The number of benzene rings is 2. The summed E-state index contributed by atoms with van der Waals surface area (Å²) in [6.45, 7) is -0.268. The SMILES string of the molecule is CN(CC(=O)O)CC(=O)c1ccc2[nH]c3c4c(c5c(c3c2c1)C(=O)NC5=O)CCC4.O=C(O)C(F)(F)F. The van der Waals surface area contributed by atoms with E-state index in [-0.39, 0.29) is 24.8 Å². The molecule has 2 aliphatic rings. The van der Waals surface area contributed by atoms with Crippen molar-refractivity contribution in [2.24, 2.45) is 0 Å². The molecule has 1 aromatic heterocycles. The van der Waals surface area contributed by atoms with Crippen LogP contribution in [0.1, 0.15) is 48.6 Å². The number of nitrogens with one attached hydrogen (secondary N) is 2. The van der Waals surface area contributed by atoms with Crippen LogP contribution in [0.5, 0.6) is 0 Å². The van der Waals surface area contributed by atoms with Gasteiger partial charge in [-0.15, -0.1) is 0 Å². The van der Waals surface area contributed by atoms with Crippen molar-refractivity contribution in [1.29, 1.82) is 0 Å². The van der Waals surface area contributed by atoms with E-state index < -0.39 is 24.0 Å². The molecule has 13 heteroatoms. The molecule has 0 bridgehead atoms. The number of amides is 2. The molecular weight excluding hydrogens is 499 g/mol. The van der Waals surface area contributed by atoms with E-state index >= 15 is 0 Å². The Bertz CT molecular complexity index is 1510. The summed E-state index contributed by atoms with van der Waals surface area (Å²) >= 11 is 0. The molecule has 5 rings (SSSR count). The molecule has 1 aliphatic carbocycles. The predicted molar refractivity (Wildman–Crippen MR) is 123 cm³/mol. The van der Waals surface area contributed by atoms with Crippen LogP contribution < -0.4 is 5.32 Å². The number of carbonyl (C=O) groups excluding carboxylic acids is 3. The zero-order chi connectivity index (χ0) is 27.2.